The van der Waals surface area contributed by atoms with E-state index in [0.29, 0.717) is 31.1 Å². The molecule has 0 unspecified atom stereocenters. The Bertz CT molecular complexity index is 711. The summed E-state index contributed by atoms with van der Waals surface area (Å²) in [6, 6.07) is 4.56. The van der Waals surface area contributed by atoms with Crippen LogP contribution in [0.5, 0.6) is 5.75 Å². The number of sulfonamides is 1. The lowest BCUT2D eigenvalue weighted by atomic mass is 10.1. The van der Waals surface area contributed by atoms with Gasteiger partial charge in [-0.25, -0.2) is 8.42 Å². The number of hydrogen-bond donors (Lipinski definition) is 1. The highest BCUT2D eigenvalue weighted by Crippen LogP contribution is 2.29. The van der Waals surface area contributed by atoms with Gasteiger partial charge in [-0.3, -0.25) is 9.69 Å². The fraction of sp³-hybridized carbons (Fsp3) is 0.611. The predicted molar refractivity (Wildman–Crippen MR) is 102 cm³/mol. The second-order valence-corrected chi connectivity index (χ2v) is 8.27. The summed E-state index contributed by atoms with van der Waals surface area (Å²) in [7, 11) is -2.10. The summed E-state index contributed by atoms with van der Waals surface area (Å²) < 4.78 is 32.1. The lowest BCUT2D eigenvalue weighted by molar-refractivity contribution is -0.117. The molecular formula is C18H29N3O4S. The van der Waals surface area contributed by atoms with Gasteiger partial charge in [0.1, 0.15) is 5.75 Å². The standard InChI is InChI=1S/C18H29N3O4S/c1-4-21(5-2)26(23,24)15-9-10-17(25-3)16(13-15)19-18(22)14-20-11-7-6-8-12-20/h9-10,13H,4-8,11-12,14H2,1-3H3,(H,19,22). The molecule has 1 fully saturated rings. The van der Waals surface area contributed by atoms with Crippen LogP contribution >= 0.6 is 0 Å². The number of nitrogens with one attached hydrogen (secondary N) is 1. The molecule has 1 amide bonds. The zero-order valence-electron chi connectivity index (χ0n) is 15.8. The molecule has 0 aromatic heterocycles. The van der Waals surface area contributed by atoms with Crippen molar-refractivity contribution in [2.75, 3.05) is 45.2 Å². The second kappa shape index (κ2) is 9.34. The van der Waals surface area contributed by atoms with Gasteiger partial charge in [0.25, 0.3) is 0 Å². The second-order valence-electron chi connectivity index (χ2n) is 6.34. The minimum atomic E-state index is -3.60. The molecule has 1 aliphatic heterocycles. The lowest BCUT2D eigenvalue weighted by Crippen LogP contribution is -2.37. The van der Waals surface area contributed by atoms with Crippen molar-refractivity contribution in [1.29, 1.82) is 0 Å². The van der Waals surface area contributed by atoms with Crippen molar-refractivity contribution in [3.8, 4) is 5.75 Å². The SMILES string of the molecule is CCN(CC)S(=O)(=O)c1ccc(OC)c(NC(=O)CN2CCCCC2)c1. The molecule has 1 aliphatic rings. The van der Waals surface area contributed by atoms with E-state index in [1.54, 1.807) is 19.9 Å². The molecule has 26 heavy (non-hydrogen) atoms. The van der Waals surface area contributed by atoms with Crippen LogP contribution in [0.1, 0.15) is 33.1 Å². The van der Waals surface area contributed by atoms with Gasteiger partial charge in [-0.1, -0.05) is 20.3 Å². The van der Waals surface area contributed by atoms with Crippen LogP contribution in [0.15, 0.2) is 23.1 Å². The zero-order chi connectivity index (χ0) is 19.2. The van der Waals surface area contributed by atoms with E-state index in [9.17, 15) is 13.2 Å². The molecule has 0 radical (unpaired) electrons. The van der Waals surface area contributed by atoms with E-state index in [2.05, 4.69) is 10.2 Å². The fourth-order valence-corrected chi connectivity index (χ4v) is 4.65. The normalized spacial score (nSPS) is 15.8. The van der Waals surface area contributed by atoms with Crippen LogP contribution in [0.25, 0.3) is 0 Å². The zero-order valence-corrected chi connectivity index (χ0v) is 16.6. The van der Waals surface area contributed by atoms with Crippen LogP contribution in [0, 0.1) is 0 Å². The van der Waals surface area contributed by atoms with E-state index in [1.165, 1.54) is 30.0 Å². The molecule has 0 aliphatic carbocycles. The summed E-state index contributed by atoms with van der Waals surface area (Å²) in [5, 5.41) is 2.81. The Morgan fingerprint density at radius 3 is 2.42 bits per heavy atom. The van der Waals surface area contributed by atoms with Crippen molar-refractivity contribution < 1.29 is 17.9 Å². The Morgan fingerprint density at radius 2 is 1.85 bits per heavy atom. The number of carbonyl (C=O) groups excluding carboxylic acids is 1. The molecule has 0 bridgehead atoms. The quantitative estimate of drug-likeness (QED) is 0.744. The molecule has 1 aromatic rings. The average molecular weight is 384 g/mol. The Balaban J connectivity index is 2.20. The Labute approximate surface area is 156 Å². The number of rotatable bonds is 8. The average Bonchev–Trinajstić information content (AvgIpc) is 2.63. The number of methoxy groups -OCH3 is 1. The minimum absolute atomic E-state index is 0.148. The molecule has 0 spiro atoms. The Morgan fingerprint density at radius 1 is 1.19 bits per heavy atom. The first-order chi connectivity index (χ1) is 12.4. The van der Waals surface area contributed by atoms with Crippen LogP contribution in [-0.4, -0.2) is 63.4 Å². The summed E-state index contributed by atoms with van der Waals surface area (Å²) in [5.41, 5.74) is 0.378. The van der Waals surface area contributed by atoms with Crippen molar-refractivity contribution in [1.82, 2.24) is 9.21 Å². The number of likely N-dealkylation sites (tertiary alicyclic amines) is 1. The summed E-state index contributed by atoms with van der Waals surface area (Å²) in [6.07, 6.45) is 3.42. The number of anilines is 1. The van der Waals surface area contributed by atoms with E-state index in [-0.39, 0.29) is 10.8 Å². The smallest absolute Gasteiger partial charge is 0.243 e. The first-order valence-corrected chi connectivity index (χ1v) is 10.6. The molecule has 1 N–H and O–H groups in total. The van der Waals surface area contributed by atoms with E-state index >= 15 is 0 Å². The number of piperidine rings is 1. The molecular weight excluding hydrogens is 354 g/mol. The van der Waals surface area contributed by atoms with Gasteiger partial charge in [-0.15, -0.1) is 0 Å². The van der Waals surface area contributed by atoms with Gasteiger partial charge >= 0.3 is 0 Å². The minimum Gasteiger partial charge on any atom is -0.495 e. The summed E-state index contributed by atoms with van der Waals surface area (Å²) in [4.78, 5) is 14.6. The van der Waals surface area contributed by atoms with Crippen molar-refractivity contribution in [2.45, 2.75) is 38.0 Å². The molecule has 7 nitrogen and oxygen atoms in total. The highest BCUT2D eigenvalue weighted by molar-refractivity contribution is 7.89. The third kappa shape index (κ3) is 4.96. The number of ether oxygens (including phenoxy) is 1. The largest absolute Gasteiger partial charge is 0.495 e. The molecule has 1 heterocycles. The van der Waals surface area contributed by atoms with E-state index in [4.69, 9.17) is 4.74 Å². The predicted octanol–water partition coefficient (Wildman–Crippen LogP) is 2.15. The number of benzene rings is 1. The van der Waals surface area contributed by atoms with Crippen LogP contribution in [-0.2, 0) is 14.8 Å². The van der Waals surface area contributed by atoms with Gasteiger partial charge in [0.2, 0.25) is 15.9 Å². The van der Waals surface area contributed by atoms with Gasteiger partial charge in [0.05, 0.1) is 24.2 Å². The number of amides is 1. The van der Waals surface area contributed by atoms with Gasteiger partial charge in [-0.2, -0.15) is 4.31 Å². The molecule has 0 atom stereocenters. The lowest BCUT2D eigenvalue weighted by Gasteiger charge is -2.25. The van der Waals surface area contributed by atoms with E-state index < -0.39 is 10.0 Å². The summed E-state index contributed by atoms with van der Waals surface area (Å²) in [6.45, 7) is 6.51. The van der Waals surface area contributed by atoms with Gasteiger partial charge in [0.15, 0.2) is 0 Å². The number of nitrogens with zero attached hydrogens (tertiary/aromatic N) is 2. The van der Waals surface area contributed by atoms with E-state index in [1.807, 2.05) is 0 Å². The molecule has 1 saturated heterocycles. The Hall–Kier alpha value is -1.64. The molecule has 0 saturated carbocycles. The Kier molecular flexibility index (Phi) is 7.43. The summed E-state index contributed by atoms with van der Waals surface area (Å²) in [5.74, 6) is 0.276. The van der Waals surface area contributed by atoms with Gasteiger partial charge in [-0.05, 0) is 44.1 Å². The first kappa shape index (κ1) is 20.7. The molecule has 146 valence electrons. The molecule has 8 heteroatoms. The van der Waals surface area contributed by atoms with Crippen LogP contribution in [0.3, 0.4) is 0 Å². The molecule has 1 aromatic carbocycles. The maximum absolute atomic E-state index is 12.7. The molecule has 2 rings (SSSR count). The highest BCUT2D eigenvalue weighted by atomic mass is 32.2. The first-order valence-electron chi connectivity index (χ1n) is 9.12. The number of hydrogen-bond acceptors (Lipinski definition) is 5. The van der Waals surface area contributed by atoms with Gasteiger partial charge < -0.3 is 10.1 Å². The maximum atomic E-state index is 12.7. The maximum Gasteiger partial charge on any atom is 0.243 e. The summed E-state index contributed by atoms with van der Waals surface area (Å²) >= 11 is 0. The van der Waals surface area contributed by atoms with Crippen LogP contribution in [0.4, 0.5) is 5.69 Å². The number of carbonyl (C=O) groups is 1. The fourth-order valence-electron chi connectivity index (χ4n) is 3.17. The topological polar surface area (TPSA) is 79.0 Å². The highest BCUT2D eigenvalue weighted by Gasteiger charge is 2.23. The van der Waals surface area contributed by atoms with E-state index in [0.717, 1.165) is 25.9 Å². The van der Waals surface area contributed by atoms with Gasteiger partial charge in [0, 0.05) is 13.1 Å². The monoisotopic (exact) mass is 383 g/mol. The third-order valence-corrected chi connectivity index (χ3v) is 6.65. The van der Waals surface area contributed by atoms with Crippen LogP contribution in [0.2, 0.25) is 0 Å². The van der Waals surface area contributed by atoms with Crippen molar-refractivity contribution in [2.24, 2.45) is 0 Å². The third-order valence-electron chi connectivity index (χ3n) is 4.60. The van der Waals surface area contributed by atoms with Crippen LogP contribution < -0.4 is 10.1 Å². The van der Waals surface area contributed by atoms with Crippen molar-refractivity contribution in [3.05, 3.63) is 18.2 Å². The van der Waals surface area contributed by atoms with Crippen molar-refractivity contribution >= 4 is 21.6 Å². The van der Waals surface area contributed by atoms with Crippen molar-refractivity contribution in [3.63, 3.8) is 0 Å².